The van der Waals surface area contributed by atoms with Crippen LogP contribution >= 0.6 is 0 Å². The molecule has 0 aromatic heterocycles. The first-order valence-corrected chi connectivity index (χ1v) is 7.33. The van der Waals surface area contributed by atoms with Gasteiger partial charge in [-0.2, -0.15) is 0 Å². The second kappa shape index (κ2) is 6.55. The summed E-state index contributed by atoms with van der Waals surface area (Å²) in [5, 5.41) is 13.0. The summed E-state index contributed by atoms with van der Waals surface area (Å²) < 4.78 is 0. The number of hydrogen-bond donors (Lipinski definition) is 2. The summed E-state index contributed by atoms with van der Waals surface area (Å²) in [6, 6.07) is 0. The zero-order valence-corrected chi connectivity index (χ0v) is 12.3. The second-order valence-corrected chi connectivity index (χ2v) is 6.52. The summed E-state index contributed by atoms with van der Waals surface area (Å²) in [5.74, 6) is 1.03. The zero-order valence-electron chi connectivity index (χ0n) is 12.3. The number of carbonyl (C=O) groups excluding carboxylic acids is 1. The third kappa shape index (κ3) is 4.60. The Balaban J connectivity index is 2.31. The van der Waals surface area contributed by atoms with Crippen molar-refractivity contribution in [3.63, 3.8) is 0 Å². The van der Waals surface area contributed by atoms with Gasteiger partial charge in [0, 0.05) is 12.5 Å². The van der Waals surface area contributed by atoms with Crippen molar-refractivity contribution in [1.29, 1.82) is 0 Å². The molecule has 3 nitrogen and oxygen atoms in total. The number of nitrogens with one attached hydrogen (secondary N) is 1. The molecule has 2 atom stereocenters. The second-order valence-electron chi connectivity index (χ2n) is 6.52. The average molecular weight is 255 g/mol. The van der Waals surface area contributed by atoms with E-state index in [1.165, 1.54) is 25.7 Å². The van der Waals surface area contributed by atoms with Crippen LogP contribution in [0.25, 0.3) is 0 Å². The van der Waals surface area contributed by atoms with E-state index in [1.807, 2.05) is 20.8 Å². The van der Waals surface area contributed by atoms with Gasteiger partial charge in [0.15, 0.2) is 0 Å². The topological polar surface area (TPSA) is 49.3 Å². The average Bonchev–Trinajstić information content (AvgIpc) is 2.78. The quantitative estimate of drug-likeness (QED) is 0.766. The third-order valence-corrected chi connectivity index (χ3v) is 4.47. The Hall–Kier alpha value is -0.570. The molecule has 2 N–H and O–H groups in total. The lowest BCUT2D eigenvalue weighted by atomic mass is 9.91. The van der Waals surface area contributed by atoms with E-state index >= 15 is 0 Å². The van der Waals surface area contributed by atoms with Crippen LogP contribution in [0.15, 0.2) is 0 Å². The van der Waals surface area contributed by atoms with Crippen molar-refractivity contribution < 1.29 is 9.90 Å². The van der Waals surface area contributed by atoms with Gasteiger partial charge in [-0.3, -0.25) is 4.79 Å². The van der Waals surface area contributed by atoms with E-state index in [0.29, 0.717) is 6.54 Å². The van der Waals surface area contributed by atoms with E-state index in [9.17, 15) is 9.90 Å². The van der Waals surface area contributed by atoms with E-state index in [-0.39, 0.29) is 17.7 Å². The molecule has 1 aliphatic rings. The van der Waals surface area contributed by atoms with Crippen LogP contribution in [-0.4, -0.2) is 23.2 Å². The fourth-order valence-electron chi connectivity index (χ4n) is 2.50. The van der Waals surface area contributed by atoms with Crippen LogP contribution in [0, 0.1) is 17.8 Å². The van der Waals surface area contributed by atoms with Crippen LogP contribution in [0.4, 0.5) is 0 Å². The van der Waals surface area contributed by atoms with Crippen molar-refractivity contribution >= 4 is 5.91 Å². The molecule has 0 heterocycles. The molecule has 0 bridgehead atoms. The van der Waals surface area contributed by atoms with Crippen molar-refractivity contribution in [2.45, 2.75) is 65.4 Å². The van der Waals surface area contributed by atoms with Gasteiger partial charge >= 0.3 is 0 Å². The highest BCUT2D eigenvalue weighted by molar-refractivity contribution is 5.78. The van der Waals surface area contributed by atoms with Crippen LogP contribution in [0.3, 0.4) is 0 Å². The molecular weight excluding hydrogens is 226 g/mol. The Morgan fingerprint density at radius 3 is 2.39 bits per heavy atom. The number of carbonyl (C=O) groups is 1. The van der Waals surface area contributed by atoms with Gasteiger partial charge in [-0.25, -0.2) is 0 Å². The van der Waals surface area contributed by atoms with Crippen LogP contribution in [-0.2, 0) is 4.79 Å². The Labute approximate surface area is 111 Å². The molecule has 106 valence electrons. The van der Waals surface area contributed by atoms with E-state index < -0.39 is 5.60 Å². The SMILES string of the molecule is CC(CC1CCCC1)C(=O)NCC(C)(O)C(C)C. The van der Waals surface area contributed by atoms with Crippen molar-refractivity contribution in [2.75, 3.05) is 6.54 Å². The molecule has 0 saturated heterocycles. The van der Waals surface area contributed by atoms with Crippen LogP contribution in [0.2, 0.25) is 0 Å². The van der Waals surface area contributed by atoms with Crippen LogP contribution in [0.5, 0.6) is 0 Å². The maximum absolute atomic E-state index is 12.0. The normalized spacial score (nSPS) is 21.9. The molecule has 0 aromatic carbocycles. The van der Waals surface area contributed by atoms with Gasteiger partial charge in [0.25, 0.3) is 0 Å². The van der Waals surface area contributed by atoms with E-state index in [1.54, 1.807) is 6.92 Å². The fourth-order valence-corrected chi connectivity index (χ4v) is 2.50. The Kier molecular flexibility index (Phi) is 5.64. The lowest BCUT2D eigenvalue weighted by molar-refractivity contribution is -0.126. The lowest BCUT2D eigenvalue weighted by Gasteiger charge is -2.28. The van der Waals surface area contributed by atoms with Gasteiger partial charge < -0.3 is 10.4 Å². The van der Waals surface area contributed by atoms with Crippen LogP contribution in [0.1, 0.15) is 59.8 Å². The van der Waals surface area contributed by atoms with Crippen molar-refractivity contribution in [1.82, 2.24) is 5.32 Å². The smallest absolute Gasteiger partial charge is 0.222 e. The van der Waals surface area contributed by atoms with Crippen LogP contribution < -0.4 is 5.32 Å². The Morgan fingerprint density at radius 1 is 1.33 bits per heavy atom. The largest absolute Gasteiger partial charge is 0.388 e. The monoisotopic (exact) mass is 255 g/mol. The first-order chi connectivity index (χ1) is 8.33. The molecule has 3 heteroatoms. The molecule has 1 fully saturated rings. The molecule has 2 unspecified atom stereocenters. The summed E-state index contributed by atoms with van der Waals surface area (Å²) in [7, 11) is 0. The molecule has 1 amide bonds. The number of amides is 1. The molecule has 0 radical (unpaired) electrons. The summed E-state index contributed by atoms with van der Waals surface area (Å²) in [6.45, 7) is 8.05. The van der Waals surface area contributed by atoms with Gasteiger partial charge in [-0.1, -0.05) is 46.5 Å². The lowest BCUT2D eigenvalue weighted by Crippen LogP contribution is -2.45. The minimum absolute atomic E-state index is 0.0658. The predicted molar refractivity (Wildman–Crippen MR) is 74.2 cm³/mol. The molecule has 1 aliphatic carbocycles. The van der Waals surface area contributed by atoms with E-state index in [4.69, 9.17) is 0 Å². The Morgan fingerprint density at radius 2 is 1.89 bits per heavy atom. The standard InChI is InChI=1S/C15H29NO2/c1-11(2)15(4,18)10-16-14(17)12(3)9-13-7-5-6-8-13/h11-13,18H,5-10H2,1-4H3,(H,16,17). The first-order valence-electron chi connectivity index (χ1n) is 7.33. The summed E-state index contributed by atoms with van der Waals surface area (Å²) >= 11 is 0. The fraction of sp³-hybridized carbons (Fsp3) is 0.933. The highest BCUT2D eigenvalue weighted by atomic mass is 16.3. The molecule has 18 heavy (non-hydrogen) atoms. The number of aliphatic hydroxyl groups is 1. The van der Waals surface area contributed by atoms with Crippen molar-refractivity contribution in [3.8, 4) is 0 Å². The maximum atomic E-state index is 12.0. The highest BCUT2D eigenvalue weighted by Gasteiger charge is 2.27. The molecule has 1 saturated carbocycles. The molecular formula is C15H29NO2. The first kappa shape index (κ1) is 15.5. The molecule has 0 spiro atoms. The molecule has 1 rings (SSSR count). The number of rotatable bonds is 6. The summed E-state index contributed by atoms with van der Waals surface area (Å²) in [5.41, 5.74) is -0.817. The summed E-state index contributed by atoms with van der Waals surface area (Å²) in [6.07, 6.45) is 6.19. The minimum atomic E-state index is -0.817. The molecule has 0 aromatic rings. The number of hydrogen-bond acceptors (Lipinski definition) is 2. The van der Waals surface area contributed by atoms with Crippen molar-refractivity contribution in [3.05, 3.63) is 0 Å². The van der Waals surface area contributed by atoms with Gasteiger partial charge in [-0.15, -0.1) is 0 Å². The Bertz CT molecular complexity index is 268. The summed E-state index contributed by atoms with van der Waals surface area (Å²) in [4.78, 5) is 12.0. The highest BCUT2D eigenvalue weighted by Crippen LogP contribution is 2.30. The van der Waals surface area contributed by atoms with Gasteiger partial charge in [0.05, 0.1) is 5.60 Å². The maximum Gasteiger partial charge on any atom is 0.222 e. The van der Waals surface area contributed by atoms with E-state index in [0.717, 1.165) is 12.3 Å². The predicted octanol–water partition coefficient (Wildman–Crippen LogP) is 2.73. The molecule has 0 aliphatic heterocycles. The third-order valence-electron chi connectivity index (χ3n) is 4.47. The van der Waals surface area contributed by atoms with Gasteiger partial charge in [-0.05, 0) is 25.2 Å². The van der Waals surface area contributed by atoms with Gasteiger partial charge in [0.1, 0.15) is 0 Å². The van der Waals surface area contributed by atoms with Crippen molar-refractivity contribution in [2.24, 2.45) is 17.8 Å². The minimum Gasteiger partial charge on any atom is -0.388 e. The zero-order chi connectivity index (χ0) is 13.8. The van der Waals surface area contributed by atoms with E-state index in [2.05, 4.69) is 5.32 Å². The van der Waals surface area contributed by atoms with Gasteiger partial charge in [0.2, 0.25) is 5.91 Å².